The maximum Gasteiger partial charge on any atom is 0.131 e. The van der Waals surface area contributed by atoms with Crippen LogP contribution in [0.4, 0.5) is 4.39 Å². The molecule has 0 bridgehead atoms. The lowest BCUT2D eigenvalue weighted by molar-refractivity contribution is 0.627. The summed E-state index contributed by atoms with van der Waals surface area (Å²) < 4.78 is 14.2. The van der Waals surface area contributed by atoms with Crippen LogP contribution < -0.4 is 5.32 Å². The first-order chi connectivity index (χ1) is 9.65. The average molecular weight is 271 g/mol. The molecule has 0 fully saturated rings. The standard InChI is InChI=1S/C18H22FN/c1-4-13(2)15-6-8-16(9-7-15)17-10-5-14(12-20-3)11-18(17)19/h5-11,13,20H,4,12H2,1-3H3. The Bertz CT molecular complexity index is 560. The summed E-state index contributed by atoms with van der Waals surface area (Å²) in [5.74, 6) is 0.390. The minimum Gasteiger partial charge on any atom is -0.316 e. The van der Waals surface area contributed by atoms with Crippen molar-refractivity contribution in [2.45, 2.75) is 32.7 Å². The zero-order valence-electron chi connectivity index (χ0n) is 12.4. The molecule has 2 rings (SSSR count). The maximum atomic E-state index is 14.2. The molecule has 0 heterocycles. The number of nitrogens with one attached hydrogen (secondary N) is 1. The van der Waals surface area contributed by atoms with E-state index in [4.69, 9.17) is 0 Å². The third-order valence-electron chi connectivity index (χ3n) is 3.82. The van der Waals surface area contributed by atoms with Crippen molar-refractivity contribution in [3.05, 3.63) is 59.4 Å². The van der Waals surface area contributed by atoms with Crippen molar-refractivity contribution in [3.8, 4) is 11.1 Å². The van der Waals surface area contributed by atoms with Crippen LogP contribution in [-0.4, -0.2) is 7.05 Å². The molecule has 0 aliphatic rings. The Morgan fingerprint density at radius 1 is 1.10 bits per heavy atom. The van der Waals surface area contributed by atoms with Gasteiger partial charge in [-0.1, -0.05) is 50.2 Å². The Morgan fingerprint density at radius 2 is 1.80 bits per heavy atom. The van der Waals surface area contributed by atoms with Crippen molar-refractivity contribution in [2.24, 2.45) is 0 Å². The minimum atomic E-state index is -0.158. The van der Waals surface area contributed by atoms with Crippen LogP contribution in [0.3, 0.4) is 0 Å². The van der Waals surface area contributed by atoms with E-state index in [0.717, 1.165) is 17.5 Å². The smallest absolute Gasteiger partial charge is 0.131 e. The summed E-state index contributed by atoms with van der Waals surface area (Å²) >= 11 is 0. The molecule has 0 spiro atoms. The van der Waals surface area contributed by atoms with E-state index in [-0.39, 0.29) is 5.82 Å². The van der Waals surface area contributed by atoms with Crippen LogP contribution in [0.25, 0.3) is 11.1 Å². The molecule has 2 aromatic carbocycles. The minimum absolute atomic E-state index is 0.158. The maximum absolute atomic E-state index is 14.2. The second-order valence-electron chi connectivity index (χ2n) is 5.28. The molecule has 1 atom stereocenters. The highest BCUT2D eigenvalue weighted by Crippen LogP contribution is 2.26. The first-order valence-electron chi connectivity index (χ1n) is 7.19. The Balaban J connectivity index is 2.27. The lowest BCUT2D eigenvalue weighted by Gasteiger charge is -2.11. The molecule has 1 unspecified atom stereocenters. The molecule has 0 amide bonds. The molecule has 2 aromatic rings. The third-order valence-corrected chi connectivity index (χ3v) is 3.82. The van der Waals surface area contributed by atoms with Crippen LogP contribution in [0.1, 0.15) is 37.3 Å². The SMILES string of the molecule is CCC(C)c1ccc(-c2ccc(CNC)cc2F)cc1. The largest absolute Gasteiger partial charge is 0.316 e. The van der Waals surface area contributed by atoms with Gasteiger partial charge >= 0.3 is 0 Å². The summed E-state index contributed by atoms with van der Waals surface area (Å²) in [4.78, 5) is 0. The highest BCUT2D eigenvalue weighted by molar-refractivity contribution is 5.64. The fourth-order valence-corrected chi connectivity index (χ4v) is 2.33. The van der Waals surface area contributed by atoms with E-state index in [0.29, 0.717) is 18.0 Å². The number of hydrogen-bond acceptors (Lipinski definition) is 1. The van der Waals surface area contributed by atoms with Gasteiger partial charge in [-0.3, -0.25) is 0 Å². The second kappa shape index (κ2) is 6.67. The number of hydrogen-bond donors (Lipinski definition) is 1. The molecule has 0 saturated heterocycles. The summed E-state index contributed by atoms with van der Waals surface area (Å²) in [5.41, 5.74) is 3.87. The number of rotatable bonds is 5. The Kier molecular flexibility index (Phi) is 4.91. The molecule has 0 aliphatic carbocycles. The molecule has 0 saturated carbocycles. The Morgan fingerprint density at radius 3 is 2.35 bits per heavy atom. The van der Waals surface area contributed by atoms with Crippen molar-refractivity contribution in [2.75, 3.05) is 7.05 Å². The van der Waals surface area contributed by atoms with Gasteiger partial charge in [0.1, 0.15) is 5.82 Å². The second-order valence-corrected chi connectivity index (χ2v) is 5.28. The summed E-state index contributed by atoms with van der Waals surface area (Å²) in [6.45, 7) is 5.07. The zero-order valence-corrected chi connectivity index (χ0v) is 12.4. The van der Waals surface area contributed by atoms with Gasteiger partial charge in [0.2, 0.25) is 0 Å². The van der Waals surface area contributed by atoms with Crippen LogP contribution in [0.5, 0.6) is 0 Å². The van der Waals surface area contributed by atoms with E-state index < -0.39 is 0 Å². The van der Waals surface area contributed by atoms with Crippen molar-refractivity contribution in [3.63, 3.8) is 0 Å². The predicted molar refractivity (Wildman–Crippen MR) is 83.3 cm³/mol. The monoisotopic (exact) mass is 271 g/mol. The Labute approximate surface area is 120 Å². The quantitative estimate of drug-likeness (QED) is 0.829. The van der Waals surface area contributed by atoms with Crippen LogP contribution in [0, 0.1) is 5.82 Å². The first-order valence-corrected chi connectivity index (χ1v) is 7.19. The third kappa shape index (κ3) is 3.26. The van der Waals surface area contributed by atoms with Gasteiger partial charge in [-0.2, -0.15) is 0 Å². The average Bonchev–Trinajstić information content (AvgIpc) is 2.47. The van der Waals surface area contributed by atoms with Gasteiger partial charge in [0, 0.05) is 12.1 Å². The van der Waals surface area contributed by atoms with E-state index in [2.05, 4.69) is 31.3 Å². The van der Waals surface area contributed by atoms with Crippen LogP contribution in [0.2, 0.25) is 0 Å². The van der Waals surface area contributed by atoms with Crippen molar-refractivity contribution < 1.29 is 4.39 Å². The predicted octanol–water partition coefficient (Wildman–Crippen LogP) is 4.73. The van der Waals surface area contributed by atoms with Crippen molar-refractivity contribution >= 4 is 0 Å². The first kappa shape index (κ1) is 14.7. The fraction of sp³-hybridized carbons (Fsp3) is 0.333. The van der Waals surface area contributed by atoms with E-state index >= 15 is 0 Å². The van der Waals surface area contributed by atoms with E-state index in [1.807, 2.05) is 31.3 Å². The van der Waals surface area contributed by atoms with Crippen LogP contribution in [-0.2, 0) is 6.54 Å². The van der Waals surface area contributed by atoms with Crippen molar-refractivity contribution in [1.82, 2.24) is 5.32 Å². The molecule has 106 valence electrons. The lowest BCUT2D eigenvalue weighted by atomic mass is 9.95. The van der Waals surface area contributed by atoms with Gasteiger partial charge in [0.15, 0.2) is 0 Å². The lowest BCUT2D eigenvalue weighted by Crippen LogP contribution is -2.05. The summed E-state index contributed by atoms with van der Waals surface area (Å²) in [7, 11) is 1.86. The van der Waals surface area contributed by atoms with Crippen molar-refractivity contribution in [1.29, 1.82) is 0 Å². The van der Waals surface area contributed by atoms with Crippen LogP contribution in [0.15, 0.2) is 42.5 Å². The van der Waals surface area contributed by atoms with Gasteiger partial charge < -0.3 is 5.32 Å². The van der Waals surface area contributed by atoms with Gasteiger partial charge in [0.25, 0.3) is 0 Å². The summed E-state index contributed by atoms with van der Waals surface area (Å²) in [6.07, 6.45) is 1.12. The topological polar surface area (TPSA) is 12.0 Å². The molecule has 20 heavy (non-hydrogen) atoms. The summed E-state index contributed by atoms with van der Waals surface area (Å²) in [5, 5.41) is 3.03. The molecule has 1 N–H and O–H groups in total. The molecule has 2 heteroatoms. The molecular weight excluding hydrogens is 249 g/mol. The molecule has 0 radical (unpaired) electrons. The fourth-order valence-electron chi connectivity index (χ4n) is 2.33. The van der Waals surface area contributed by atoms with E-state index in [1.165, 1.54) is 5.56 Å². The van der Waals surface area contributed by atoms with Crippen LogP contribution >= 0.6 is 0 Å². The molecular formula is C18H22FN. The van der Waals surface area contributed by atoms with Gasteiger partial charge in [-0.25, -0.2) is 4.39 Å². The highest BCUT2D eigenvalue weighted by atomic mass is 19.1. The van der Waals surface area contributed by atoms with E-state index in [1.54, 1.807) is 6.07 Å². The number of halogens is 1. The Hall–Kier alpha value is -1.67. The van der Waals surface area contributed by atoms with E-state index in [9.17, 15) is 4.39 Å². The summed E-state index contributed by atoms with van der Waals surface area (Å²) in [6, 6.07) is 13.7. The normalized spacial score (nSPS) is 12.4. The molecule has 0 aromatic heterocycles. The van der Waals surface area contributed by atoms with Gasteiger partial charge in [0.05, 0.1) is 0 Å². The zero-order chi connectivity index (χ0) is 14.5. The van der Waals surface area contributed by atoms with Gasteiger partial charge in [-0.15, -0.1) is 0 Å². The highest BCUT2D eigenvalue weighted by Gasteiger charge is 2.07. The van der Waals surface area contributed by atoms with Gasteiger partial charge in [-0.05, 0) is 42.1 Å². The number of benzene rings is 2. The molecule has 1 nitrogen and oxygen atoms in total. The molecule has 0 aliphatic heterocycles.